The van der Waals surface area contributed by atoms with Crippen molar-refractivity contribution in [1.82, 2.24) is 15.1 Å². The zero-order valence-electron chi connectivity index (χ0n) is 9.60. The van der Waals surface area contributed by atoms with E-state index >= 15 is 0 Å². The first-order chi connectivity index (χ1) is 7.06. The second-order valence-corrected chi connectivity index (χ2v) is 4.54. The van der Waals surface area contributed by atoms with Crippen LogP contribution in [0.5, 0.6) is 0 Å². The zero-order chi connectivity index (χ0) is 11.4. The molecule has 0 atom stereocenters. The maximum atomic E-state index is 4.43. The van der Waals surface area contributed by atoms with Gasteiger partial charge in [0.15, 0.2) is 0 Å². The summed E-state index contributed by atoms with van der Waals surface area (Å²) in [6, 6.07) is 0. The third-order valence-corrected chi connectivity index (χ3v) is 3.14. The number of hydrogen-bond acceptors (Lipinski definition) is 2. The lowest BCUT2D eigenvalue weighted by molar-refractivity contribution is 0.643. The largest absolute Gasteiger partial charge is 0.307 e. The van der Waals surface area contributed by atoms with Crippen LogP contribution in [0.25, 0.3) is 0 Å². The van der Waals surface area contributed by atoms with E-state index in [1.165, 1.54) is 5.69 Å². The SMILES string of the molecule is C=C(C)CNCc1c(Br)c(CC)nn1C. The fourth-order valence-electron chi connectivity index (χ4n) is 1.41. The zero-order valence-corrected chi connectivity index (χ0v) is 11.2. The Morgan fingerprint density at radius 1 is 1.60 bits per heavy atom. The number of aromatic nitrogens is 2. The van der Waals surface area contributed by atoms with Crippen molar-refractivity contribution < 1.29 is 0 Å². The van der Waals surface area contributed by atoms with Gasteiger partial charge in [-0.25, -0.2) is 0 Å². The van der Waals surface area contributed by atoms with Crippen LogP contribution in [-0.2, 0) is 20.0 Å². The summed E-state index contributed by atoms with van der Waals surface area (Å²) in [5, 5.41) is 7.76. The van der Waals surface area contributed by atoms with E-state index < -0.39 is 0 Å². The van der Waals surface area contributed by atoms with Crippen LogP contribution in [0.15, 0.2) is 16.6 Å². The Balaban J connectivity index is 2.68. The van der Waals surface area contributed by atoms with E-state index in [0.717, 1.165) is 35.3 Å². The number of hydrogen-bond donors (Lipinski definition) is 1. The second-order valence-electron chi connectivity index (χ2n) is 3.75. The molecule has 3 nitrogen and oxygen atoms in total. The topological polar surface area (TPSA) is 29.9 Å². The number of aryl methyl sites for hydroxylation is 2. The molecule has 1 rings (SSSR count). The Labute approximate surface area is 99.7 Å². The van der Waals surface area contributed by atoms with Gasteiger partial charge in [0.05, 0.1) is 15.9 Å². The smallest absolute Gasteiger partial charge is 0.0767 e. The molecule has 4 heteroatoms. The van der Waals surface area contributed by atoms with Gasteiger partial charge in [-0.1, -0.05) is 19.1 Å². The van der Waals surface area contributed by atoms with Gasteiger partial charge in [0.1, 0.15) is 0 Å². The molecule has 0 bridgehead atoms. The van der Waals surface area contributed by atoms with Gasteiger partial charge in [-0.15, -0.1) is 0 Å². The van der Waals surface area contributed by atoms with Crippen molar-refractivity contribution in [3.05, 3.63) is 28.0 Å². The molecular weight excluding hydrogens is 254 g/mol. The Kier molecular flexibility index (Phi) is 4.54. The van der Waals surface area contributed by atoms with Gasteiger partial charge in [-0.3, -0.25) is 4.68 Å². The van der Waals surface area contributed by atoms with Crippen molar-refractivity contribution in [3.63, 3.8) is 0 Å². The molecule has 0 saturated heterocycles. The molecule has 15 heavy (non-hydrogen) atoms. The van der Waals surface area contributed by atoms with Crippen LogP contribution in [0.2, 0.25) is 0 Å². The van der Waals surface area contributed by atoms with Gasteiger partial charge in [0, 0.05) is 20.1 Å². The quantitative estimate of drug-likeness (QED) is 0.834. The van der Waals surface area contributed by atoms with Crippen molar-refractivity contribution in [3.8, 4) is 0 Å². The van der Waals surface area contributed by atoms with E-state index in [1.807, 2.05) is 18.7 Å². The molecule has 1 heterocycles. The molecule has 0 unspecified atom stereocenters. The maximum absolute atomic E-state index is 4.43. The van der Waals surface area contributed by atoms with Crippen LogP contribution >= 0.6 is 15.9 Å². The average Bonchev–Trinajstić information content (AvgIpc) is 2.44. The van der Waals surface area contributed by atoms with Crippen LogP contribution in [-0.4, -0.2) is 16.3 Å². The minimum absolute atomic E-state index is 0.816. The van der Waals surface area contributed by atoms with Crippen molar-refractivity contribution in [2.45, 2.75) is 26.8 Å². The van der Waals surface area contributed by atoms with Crippen molar-refractivity contribution in [1.29, 1.82) is 0 Å². The second kappa shape index (κ2) is 5.47. The van der Waals surface area contributed by atoms with E-state index in [0.29, 0.717) is 0 Å². The van der Waals surface area contributed by atoms with Gasteiger partial charge in [0.2, 0.25) is 0 Å². The molecular formula is C11H18BrN3. The molecule has 0 radical (unpaired) electrons. The van der Waals surface area contributed by atoms with Gasteiger partial charge >= 0.3 is 0 Å². The van der Waals surface area contributed by atoms with E-state index in [1.54, 1.807) is 0 Å². The maximum Gasteiger partial charge on any atom is 0.0767 e. The lowest BCUT2D eigenvalue weighted by Crippen LogP contribution is -2.17. The van der Waals surface area contributed by atoms with Gasteiger partial charge in [-0.05, 0) is 29.3 Å². The monoisotopic (exact) mass is 271 g/mol. The minimum Gasteiger partial charge on any atom is -0.307 e. The molecule has 1 aromatic heterocycles. The van der Waals surface area contributed by atoms with Crippen LogP contribution < -0.4 is 5.32 Å². The Morgan fingerprint density at radius 2 is 2.27 bits per heavy atom. The lowest BCUT2D eigenvalue weighted by Gasteiger charge is -2.05. The first-order valence-corrected chi connectivity index (χ1v) is 5.90. The van der Waals surface area contributed by atoms with Crippen LogP contribution in [0.4, 0.5) is 0 Å². The fraction of sp³-hybridized carbons (Fsp3) is 0.545. The first kappa shape index (κ1) is 12.5. The van der Waals surface area contributed by atoms with Crippen molar-refractivity contribution in [2.75, 3.05) is 6.54 Å². The van der Waals surface area contributed by atoms with E-state index in [4.69, 9.17) is 0 Å². The fourth-order valence-corrected chi connectivity index (χ4v) is 2.16. The molecule has 0 amide bonds. The summed E-state index contributed by atoms with van der Waals surface area (Å²) < 4.78 is 3.05. The predicted octanol–water partition coefficient (Wildman–Crippen LogP) is 2.41. The highest BCUT2D eigenvalue weighted by Gasteiger charge is 2.11. The number of rotatable bonds is 5. The molecule has 1 aromatic rings. The normalized spacial score (nSPS) is 10.7. The molecule has 1 N–H and O–H groups in total. The lowest BCUT2D eigenvalue weighted by atomic mass is 10.3. The first-order valence-electron chi connectivity index (χ1n) is 5.11. The Morgan fingerprint density at radius 3 is 2.73 bits per heavy atom. The Hall–Kier alpha value is -0.610. The summed E-state index contributed by atoms with van der Waals surface area (Å²) in [7, 11) is 1.97. The molecule has 0 fully saturated rings. The average molecular weight is 272 g/mol. The predicted molar refractivity (Wildman–Crippen MR) is 66.8 cm³/mol. The standard InChI is InChI=1S/C11H18BrN3/c1-5-9-11(12)10(15(4)14-9)7-13-6-8(2)3/h13H,2,5-7H2,1,3-4H3. The molecule has 84 valence electrons. The van der Waals surface area contributed by atoms with E-state index in [2.05, 4.69) is 39.8 Å². The Bertz CT molecular complexity index is 355. The summed E-state index contributed by atoms with van der Waals surface area (Å²) in [4.78, 5) is 0. The van der Waals surface area contributed by atoms with E-state index in [-0.39, 0.29) is 0 Å². The summed E-state index contributed by atoms with van der Waals surface area (Å²) >= 11 is 3.58. The number of halogens is 1. The third-order valence-electron chi connectivity index (χ3n) is 2.22. The minimum atomic E-state index is 0.816. The van der Waals surface area contributed by atoms with E-state index in [9.17, 15) is 0 Å². The molecule has 0 aromatic carbocycles. The number of nitrogens with one attached hydrogen (secondary N) is 1. The van der Waals surface area contributed by atoms with Crippen LogP contribution in [0.1, 0.15) is 25.2 Å². The van der Waals surface area contributed by atoms with Crippen LogP contribution in [0, 0.1) is 0 Å². The highest BCUT2D eigenvalue weighted by Crippen LogP contribution is 2.21. The van der Waals surface area contributed by atoms with Crippen molar-refractivity contribution in [2.24, 2.45) is 7.05 Å². The number of nitrogens with zero attached hydrogens (tertiary/aromatic N) is 2. The summed E-state index contributed by atoms with van der Waals surface area (Å²) in [6.07, 6.45) is 0.953. The molecule has 0 aliphatic heterocycles. The molecule has 0 spiro atoms. The van der Waals surface area contributed by atoms with Gasteiger partial charge < -0.3 is 5.32 Å². The highest BCUT2D eigenvalue weighted by atomic mass is 79.9. The molecule has 0 aliphatic carbocycles. The van der Waals surface area contributed by atoms with Gasteiger partial charge in [0.25, 0.3) is 0 Å². The molecule has 0 saturated carbocycles. The third kappa shape index (κ3) is 3.18. The summed E-state index contributed by atoms with van der Waals surface area (Å²) in [5.74, 6) is 0. The van der Waals surface area contributed by atoms with Gasteiger partial charge in [-0.2, -0.15) is 5.10 Å². The summed E-state index contributed by atoms with van der Waals surface area (Å²) in [5.41, 5.74) is 3.45. The van der Waals surface area contributed by atoms with Crippen LogP contribution in [0.3, 0.4) is 0 Å². The molecule has 0 aliphatic rings. The summed E-state index contributed by atoms with van der Waals surface area (Å²) in [6.45, 7) is 9.64. The van der Waals surface area contributed by atoms with Crippen molar-refractivity contribution >= 4 is 15.9 Å². The highest BCUT2D eigenvalue weighted by molar-refractivity contribution is 9.10.